The molecular weight excluding hydrogens is 303 g/mol. The first-order valence-corrected chi connectivity index (χ1v) is 8.00. The molecule has 0 bridgehead atoms. The van der Waals surface area contributed by atoms with Gasteiger partial charge in [-0.3, -0.25) is 5.26 Å². The van der Waals surface area contributed by atoms with Gasteiger partial charge in [0.15, 0.2) is 5.16 Å². The molecule has 0 unspecified atom stereocenters. The number of benzene rings is 1. The second-order valence-corrected chi connectivity index (χ2v) is 5.16. The topological polar surface area (TPSA) is 55.2 Å². The number of thioether (sulfide) groups is 1. The van der Waals surface area contributed by atoms with E-state index in [9.17, 15) is 4.39 Å². The fourth-order valence-corrected chi connectivity index (χ4v) is 1.74. The highest BCUT2D eigenvalue weighted by atomic mass is 32.2. The second-order valence-electron chi connectivity index (χ2n) is 4.09. The maximum absolute atomic E-state index is 12.1. The Hall–Kier alpha value is -1.50. The Labute approximate surface area is 135 Å². The van der Waals surface area contributed by atoms with Crippen LogP contribution in [0.4, 0.5) is 4.39 Å². The van der Waals surface area contributed by atoms with Crippen molar-refractivity contribution in [1.82, 2.24) is 9.97 Å². The minimum atomic E-state index is -0.171. The number of aryl methyl sites for hydroxylation is 1. The van der Waals surface area contributed by atoms with E-state index in [1.54, 1.807) is 43.2 Å². The van der Waals surface area contributed by atoms with Crippen LogP contribution in [0.15, 0.2) is 47.9 Å². The lowest BCUT2D eigenvalue weighted by Crippen LogP contribution is -1.83. The van der Waals surface area contributed by atoms with E-state index in [0.29, 0.717) is 6.61 Å². The average Bonchev–Trinajstić information content (AvgIpc) is 2.57. The predicted molar refractivity (Wildman–Crippen MR) is 88.4 cm³/mol. The molecule has 1 N–H and O–H groups in total. The molecule has 0 saturated carbocycles. The molecule has 4 nitrogen and oxygen atoms in total. The third-order valence-electron chi connectivity index (χ3n) is 2.12. The molecule has 0 fully saturated rings. The summed E-state index contributed by atoms with van der Waals surface area (Å²) in [5.74, 6) is 0.930. The van der Waals surface area contributed by atoms with Crippen LogP contribution in [0.1, 0.15) is 25.8 Å². The van der Waals surface area contributed by atoms with Crippen molar-refractivity contribution in [3.05, 3.63) is 54.1 Å². The lowest BCUT2D eigenvalue weighted by molar-refractivity contribution is -0.237. The van der Waals surface area contributed by atoms with E-state index in [2.05, 4.69) is 21.8 Å². The smallest absolute Gasteiger partial charge is 0.187 e. The largest absolute Gasteiger partial charge is 0.252 e. The van der Waals surface area contributed by atoms with Gasteiger partial charge in [-0.05, 0) is 38.5 Å². The molecule has 122 valence electrons. The number of halogens is 1. The van der Waals surface area contributed by atoms with E-state index in [-0.39, 0.29) is 5.82 Å². The van der Waals surface area contributed by atoms with Crippen LogP contribution >= 0.6 is 11.8 Å². The van der Waals surface area contributed by atoms with Gasteiger partial charge in [-0.1, -0.05) is 36.4 Å². The molecular formula is C16H23FN2O2S. The van der Waals surface area contributed by atoms with Crippen molar-refractivity contribution in [1.29, 1.82) is 0 Å². The van der Waals surface area contributed by atoms with Crippen LogP contribution in [-0.4, -0.2) is 27.6 Å². The zero-order valence-electron chi connectivity index (χ0n) is 13.2. The Morgan fingerprint density at radius 2 is 1.68 bits per heavy atom. The molecule has 1 aromatic heterocycles. The summed E-state index contributed by atoms with van der Waals surface area (Å²) in [5, 5.41) is 8.25. The third-order valence-corrected chi connectivity index (χ3v) is 3.20. The second kappa shape index (κ2) is 14.4. The van der Waals surface area contributed by atoms with Crippen molar-refractivity contribution in [3.63, 3.8) is 0 Å². The van der Waals surface area contributed by atoms with Crippen molar-refractivity contribution in [2.24, 2.45) is 0 Å². The zero-order valence-corrected chi connectivity index (χ0v) is 14.0. The highest BCUT2D eigenvalue weighted by Crippen LogP contribution is 2.10. The van der Waals surface area contributed by atoms with Gasteiger partial charge in [0.1, 0.15) is 5.82 Å². The monoisotopic (exact) mass is 326 g/mol. The summed E-state index contributed by atoms with van der Waals surface area (Å²) in [6, 6.07) is 8.23. The van der Waals surface area contributed by atoms with Crippen LogP contribution in [0.3, 0.4) is 0 Å². The summed E-state index contributed by atoms with van der Waals surface area (Å²) >= 11 is 1.70. The molecule has 2 aromatic rings. The van der Waals surface area contributed by atoms with Gasteiger partial charge in [0.25, 0.3) is 0 Å². The molecule has 0 spiro atoms. The number of nitrogens with zero attached hydrogens (tertiary/aromatic N) is 2. The van der Waals surface area contributed by atoms with Crippen LogP contribution in [0.2, 0.25) is 0 Å². The maximum Gasteiger partial charge on any atom is 0.187 e. The summed E-state index contributed by atoms with van der Waals surface area (Å²) in [6.45, 7) is 6.16. The molecule has 0 radical (unpaired) electrons. The van der Waals surface area contributed by atoms with Gasteiger partial charge in [0.2, 0.25) is 0 Å². The molecule has 0 amide bonds. The normalized spacial score (nSPS) is 9.14. The number of hydrogen-bond acceptors (Lipinski definition) is 5. The van der Waals surface area contributed by atoms with Crippen molar-refractivity contribution in [2.75, 3.05) is 12.4 Å². The van der Waals surface area contributed by atoms with Crippen LogP contribution in [0.5, 0.6) is 0 Å². The van der Waals surface area contributed by atoms with Gasteiger partial charge in [0, 0.05) is 18.1 Å². The molecule has 1 heterocycles. The lowest BCUT2D eigenvalue weighted by Gasteiger charge is -1.93. The van der Waals surface area contributed by atoms with Crippen LogP contribution in [0, 0.1) is 12.7 Å². The molecule has 0 aliphatic heterocycles. The van der Waals surface area contributed by atoms with Crippen molar-refractivity contribution >= 4 is 11.8 Å². The Kier molecular flexibility index (Phi) is 13.5. The molecule has 0 aliphatic carbocycles. The van der Waals surface area contributed by atoms with Crippen LogP contribution in [0.25, 0.3) is 0 Å². The minimum Gasteiger partial charge on any atom is -0.252 e. The van der Waals surface area contributed by atoms with Gasteiger partial charge in [-0.25, -0.2) is 19.2 Å². The first kappa shape index (κ1) is 20.5. The third kappa shape index (κ3) is 12.3. The number of aromatic nitrogens is 2. The number of hydrogen-bond donors (Lipinski definition) is 1. The first-order chi connectivity index (χ1) is 10.6. The SMILES string of the molecule is CCCSc1ncccn1.CCOO.Cc1ccc(F)cc1. The molecule has 6 heteroatoms. The predicted octanol–water partition coefficient (Wildman–Crippen LogP) is 4.61. The van der Waals surface area contributed by atoms with E-state index < -0.39 is 0 Å². The standard InChI is InChI=1S/C7H7F.C7H10N2S.C2H6O2/c1-6-2-4-7(8)5-3-6;1-2-6-10-7-8-4-3-5-9-7;1-2-4-3/h2-5H,1H3;3-5H,2,6H2,1H3;3H,2H2,1H3. The van der Waals surface area contributed by atoms with Crippen molar-refractivity contribution < 1.29 is 14.5 Å². The van der Waals surface area contributed by atoms with Crippen molar-refractivity contribution in [3.8, 4) is 0 Å². The van der Waals surface area contributed by atoms with E-state index >= 15 is 0 Å². The molecule has 2 rings (SSSR count). The maximum atomic E-state index is 12.1. The molecule has 0 aliphatic rings. The molecule has 0 saturated heterocycles. The van der Waals surface area contributed by atoms with Gasteiger partial charge in [-0.15, -0.1) is 0 Å². The Balaban J connectivity index is 0.000000330. The quantitative estimate of drug-likeness (QED) is 0.385. The fraction of sp³-hybridized carbons (Fsp3) is 0.375. The Morgan fingerprint density at radius 1 is 1.14 bits per heavy atom. The van der Waals surface area contributed by atoms with E-state index in [1.165, 1.54) is 18.6 Å². The lowest BCUT2D eigenvalue weighted by atomic mass is 10.2. The highest BCUT2D eigenvalue weighted by Gasteiger charge is 1.91. The van der Waals surface area contributed by atoms with Gasteiger partial charge >= 0.3 is 0 Å². The Morgan fingerprint density at radius 3 is 2.09 bits per heavy atom. The molecule has 1 aromatic carbocycles. The summed E-state index contributed by atoms with van der Waals surface area (Å²) in [6.07, 6.45) is 4.71. The van der Waals surface area contributed by atoms with Crippen LogP contribution in [-0.2, 0) is 4.89 Å². The number of rotatable bonds is 4. The van der Waals surface area contributed by atoms with E-state index in [1.807, 2.05) is 13.0 Å². The van der Waals surface area contributed by atoms with Gasteiger partial charge < -0.3 is 0 Å². The first-order valence-electron chi connectivity index (χ1n) is 7.02. The van der Waals surface area contributed by atoms with Gasteiger partial charge in [0.05, 0.1) is 6.61 Å². The minimum absolute atomic E-state index is 0.171. The molecule has 0 atom stereocenters. The van der Waals surface area contributed by atoms with Gasteiger partial charge in [-0.2, -0.15) is 0 Å². The van der Waals surface area contributed by atoms with E-state index in [0.717, 1.165) is 16.5 Å². The summed E-state index contributed by atoms with van der Waals surface area (Å²) in [7, 11) is 0. The summed E-state index contributed by atoms with van der Waals surface area (Å²) in [4.78, 5) is 11.7. The van der Waals surface area contributed by atoms with E-state index in [4.69, 9.17) is 5.26 Å². The Bertz CT molecular complexity index is 446. The van der Waals surface area contributed by atoms with Crippen LogP contribution < -0.4 is 0 Å². The fourth-order valence-electron chi connectivity index (χ4n) is 1.09. The summed E-state index contributed by atoms with van der Waals surface area (Å²) in [5.41, 5.74) is 1.09. The van der Waals surface area contributed by atoms with Crippen molar-refractivity contribution in [2.45, 2.75) is 32.3 Å². The molecule has 22 heavy (non-hydrogen) atoms. The zero-order chi connectivity index (χ0) is 16.6. The highest BCUT2D eigenvalue weighted by molar-refractivity contribution is 7.99. The summed E-state index contributed by atoms with van der Waals surface area (Å²) < 4.78 is 12.1. The average molecular weight is 326 g/mol.